The number of hydrogen-bond donors (Lipinski definition) is 1. The Hall–Kier alpha value is -1.01. The first-order valence-electron chi connectivity index (χ1n) is 7.06. The van der Waals surface area contributed by atoms with E-state index in [-0.39, 0.29) is 5.91 Å². The van der Waals surface area contributed by atoms with E-state index in [9.17, 15) is 4.79 Å². The second kappa shape index (κ2) is 6.96. The van der Waals surface area contributed by atoms with Crippen molar-refractivity contribution in [3.63, 3.8) is 0 Å². The highest BCUT2D eigenvalue weighted by atomic mass is 32.1. The molecule has 0 aromatic carbocycles. The van der Waals surface area contributed by atoms with Crippen molar-refractivity contribution in [3.05, 3.63) is 10.6 Å². The van der Waals surface area contributed by atoms with Crippen LogP contribution in [-0.2, 0) is 6.42 Å². The second-order valence-corrected chi connectivity index (χ2v) is 5.89. The second-order valence-electron chi connectivity index (χ2n) is 5.14. The molecule has 19 heavy (non-hydrogen) atoms. The fourth-order valence-electron chi connectivity index (χ4n) is 2.64. The van der Waals surface area contributed by atoms with Gasteiger partial charge in [0.25, 0.3) is 5.91 Å². The van der Waals surface area contributed by atoms with Crippen LogP contribution >= 0.6 is 11.5 Å². The van der Waals surface area contributed by atoms with Crippen LogP contribution in [-0.4, -0.2) is 40.0 Å². The van der Waals surface area contributed by atoms with Crippen LogP contribution in [0.15, 0.2) is 0 Å². The summed E-state index contributed by atoms with van der Waals surface area (Å²) in [5.41, 5.74) is 6.48. The van der Waals surface area contributed by atoms with Crippen molar-refractivity contribution < 1.29 is 4.79 Å². The molecule has 0 saturated carbocycles. The Balaban J connectivity index is 2.04. The van der Waals surface area contributed by atoms with Gasteiger partial charge in [-0.3, -0.25) is 4.79 Å². The van der Waals surface area contributed by atoms with Gasteiger partial charge in [-0.05, 0) is 49.7 Å². The molecule has 0 spiro atoms. The van der Waals surface area contributed by atoms with E-state index in [4.69, 9.17) is 5.73 Å². The number of hydrogen-bond acceptors (Lipinski definition) is 5. The number of rotatable bonds is 5. The number of piperidine rings is 1. The molecule has 5 nitrogen and oxygen atoms in total. The minimum Gasteiger partial charge on any atom is -0.338 e. The Kier molecular flexibility index (Phi) is 5.27. The monoisotopic (exact) mass is 282 g/mol. The zero-order valence-electron chi connectivity index (χ0n) is 11.5. The van der Waals surface area contributed by atoms with Gasteiger partial charge in [0, 0.05) is 13.1 Å². The van der Waals surface area contributed by atoms with E-state index >= 15 is 0 Å². The zero-order valence-corrected chi connectivity index (χ0v) is 12.3. The first kappa shape index (κ1) is 14.4. The predicted molar refractivity (Wildman–Crippen MR) is 76.2 cm³/mol. The van der Waals surface area contributed by atoms with Crippen molar-refractivity contribution in [2.75, 3.05) is 19.6 Å². The summed E-state index contributed by atoms with van der Waals surface area (Å²) in [6, 6.07) is 0. The quantitative estimate of drug-likeness (QED) is 0.892. The molecule has 6 heteroatoms. The Bertz CT molecular complexity index is 419. The molecule has 106 valence electrons. The molecule has 0 bridgehead atoms. The van der Waals surface area contributed by atoms with Crippen LogP contribution in [0.4, 0.5) is 0 Å². The number of aryl methyl sites for hydroxylation is 1. The van der Waals surface area contributed by atoms with Gasteiger partial charge in [-0.15, -0.1) is 5.10 Å². The first-order chi connectivity index (χ1) is 9.26. The molecule has 0 radical (unpaired) electrons. The summed E-state index contributed by atoms with van der Waals surface area (Å²) in [5.74, 6) is 0.665. The maximum absolute atomic E-state index is 12.5. The molecular formula is C13H22N4OS. The number of aromatic nitrogens is 2. The van der Waals surface area contributed by atoms with Gasteiger partial charge in [0.1, 0.15) is 4.88 Å². The Labute approximate surface area is 118 Å². The fraction of sp³-hybridized carbons (Fsp3) is 0.769. The first-order valence-corrected chi connectivity index (χ1v) is 7.84. The predicted octanol–water partition coefficient (Wildman–Crippen LogP) is 1.69. The van der Waals surface area contributed by atoms with Crippen LogP contribution in [0, 0.1) is 5.92 Å². The van der Waals surface area contributed by atoms with Gasteiger partial charge >= 0.3 is 0 Å². The lowest BCUT2D eigenvalue weighted by atomic mass is 9.94. The van der Waals surface area contributed by atoms with Crippen LogP contribution in [0.25, 0.3) is 0 Å². The summed E-state index contributed by atoms with van der Waals surface area (Å²) >= 11 is 1.23. The third-order valence-electron chi connectivity index (χ3n) is 3.62. The molecule has 1 aromatic heterocycles. The van der Waals surface area contributed by atoms with Gasteiger partial charge in [0.05, 0.1) is 5.69 Å². The van der Waals surface area contributed by atoms with E-state index in [0.717, 1.165) is 49.3 Å². The van der Waals surface area contributed by atoms with Crippen molar-refractivity contribution in [1.29, 1.82) is 0 Å². The van der Waals surface area contributed by atoms with Gasteiger partial charge in [-0.2, -0.15) is 0 Å². The summed E-state index contributed by atoms with van der Waals surface area (Å²) in [6.07, 6.45) is 5.08. The molecule has 1 fully saturated rings. The maximum atomic E-state index is 12.5. The Morgan fingerprint density at radius 3 is 3.16 bits per heavy atom. The average molecular weight is 282 g/mol. The Morgan fingerprint density at radius 2 is 2.42 bits per heavy atom. The highest BCUT2D eigenvalue weighted by Gasteiger charge is 2.27. The van der Waals surface area contributed by atoms with Crippen molar-refractivity contribution >= 4 is 17.4 Å². The standard InChI is InChI=1S/C13H22N4OS/c1-2-4-11-12(19-16-15-11)13(18)17-8-3-5-10(9-17)6-7-14/h10H,2-9,14H2,1H3. The summed E-state index contributed by atoms with van der Waals surface area (Å²) in [4.78, 5) is 15.2. The third-order valence-corrected chi connectivity index (χ3v) is 4.37. The molecule has 1 amide bonds. The van der Waals surface area contributed by atoms with E-state index in [1.807, 2.05) is 4.90 Å². The van der Waals surface area contributed by atoms with Gasteiger partial charge in [-0.1, -0.05) is 17.8 Å². The van der Waals surface area contributed by atoms with Gasteiger partial charge < -0.3 is 10.6 Å². The SMILES string of the molecule is CCCc1nnsc1C(=O)N1CCCC(CCN)C1. The normalized spacial score (nSPS) is 19.7. The van der Waals surface area contributed by atoms with Gasteiger partial charge in [0.2, 0.25) is 0 Å². The minimum atomic E-state index is 0.111. The minimum absolute atomic E-state index is 0.111. The number of likely N-dealkylation sites (tertiary alicyclic amines) is 1. The molecule has 1 aliphatic rings. The topological polar surface area (TPSA) is 72.1 Å². The van der Waals surface area contributed by atoms with E-state index in [2.05, 4.69) is 16.5 Å². The zero-order chi connectivity index (χ0) is 13.7. The summed E-state index contributed by atoms with van der Waals surface area (Å²) in [6.45, 7) is 4.48. The summed E-state index contributed by atoms with van der Waals surface area (Å²) in [7, 11) is 0. The van der Waals surface area contributed by atoms with E-state index < -0.39 is 0 Å². The summed E-state index contributed by atoms with van der Waals surface area (Å²) in [5, 5.41) is 4.08. The molecule has 2 rings (SSSR count). The van der Waals surface area contributed by atoms with Gasteiger partial charge in [0.15, 0.2) is 0 Å². The average Bonchev–Trinajstić information content (AvgIpc) is 2.87. The lowest BCUT2D eigenvalue weighted by Crippen LogP contribution is -2.40. The number of carbonyl (C=O) groups excluding carboxylic acids is 1. The fourth-order valence-corrected chi connectivity index (χ4v) is 3.31. The molecule has 2 heterocycles. The molecule has 1 unspecified atom stereocenters. The number of nitrogens with zero attached hydrogens (tertiary/aromatic N) is 3. The summed E-state index contributed by atoms with van der Waals surface area (Å²) < 4.78 is 3.94. The van der Waals surface area contributed by atoms with Crippen LogP contribution in [0.3, 0.4) is 0 Å². The highest BCUT2D eigenvalue weighted by molar-refractivity contribution is 7.08. The van der Waals surface area contributed by atoms with E-state index in [0.29, 0.717) is 12.5 Å². The highest BCUT2D eigenvalue weighted by Crippen LogP contribution is 2.23. The Morgan fingerprint density at radius 1 is 1.58 bits per heavy atom. The molecule has 1 atom stereocenters. The van der Waals surface area contributed by atoms with Crippen LogP contribution in [0.5, 0.6) is 0 Å². The van der Waals surface area contributed by atoms with Crippen LogP contribution in [0.2, 0.25) is 0 Å². The van der Waals surface area contributed by atoms with Crippen molar-refractivity contribution in [2.45, 2.75) is 39.0 Å². The lowest BCUT2D eigenvalue weighted by molar-refractivity contribution is 0.0673. The van der Waals surface area contributed by atoms with Crippen molar-refractivity contribution in [2.24, 2.45) is 11.7 Å². The smallest absolute Gasteiger partial charge is 0.267 e. The van der Waals surface area contributed by atoms with E-state index in [1.165, 1.54) is 18.0 Å². The third kappa shape index (κ3) is 3.51. The number of nitrogens with two attached hydrogens (primary N) is 1. The largest absolute Gasteiger partial charge is 0.338 e. The van der Waals surface area contributed by atoms with Crippen LogP contribution < -0.4 is 5.73 Å². The maximum Gasteiger partial charge on any atom is 0.267 e. The van der Waals surface area contributed by atoms with Crippen LogP contribution in [0.1, 0.15) is 48.0 Å². The molecule has 0 aliphatic carbocycles. The van der Waals surface area contributed by atoms with Gasteiger partial charge in [-0.25, -0.2) is 0 Å². The van der Waals surface area contributed by atoms with Crippen molar-refractivity contribution in [3.8, 4) is 0 Å². The molecule has 1 aliphatic heterocycles. The van der Waals surface area contributed by atoms with Crippen molar-refractivity contribution in [1.82, 2.24) is 14.5 Å². The lowest BCUT2D eigenvalue weighted by Gasteiger charge is -2.32. The number of amides is 1. The molecular weight excluding hydrogens is 260 g/mol. The van der Waals surface area contributed by atoms with E-state index in [1.54, 1.807) is 0 Å². The molecule has 1 saturated heterocycles. The molecule has 2 N–H and O–H groups in total. The number of carbonyl (C=O) groups is 1. The molecule has 1 aromatic rings.